The lowest BCUT2D eigenvalue weighted by Crippen LogP contribution is -2.37. The number of rotatable bonds is 4. The van der Waals surface area contributed by atoms with Gasteiger partial charge in [-0.15, -0.1) is 13.2 Å². The number of imide groups is 1. The van der Waals surface area contributed by atoms with Crippen molar-refractivity contribution in [3.05, 3.63) is 88.9 Å². The van der Waals surface area contributed by atoms with Crippen molar-refractivity contribution in [2.75, 3.05) is 9.96 Å². The predicted octanol–water partition coefficient (Wildman–Crippen LogP) is 5.60. The van der Waals surface area contributed by atoms with Crippen molar-refractivity contribution < 1.29 is 32.3 Å². The van der Waals surface area contributed by atoms with Crippen molar-refractivity contribution in [3.63, 3.8) is 0 Å². The van der Waals surface area contributed by atoms with Gasteiger partial charge < -0.3 is 4.74 Å². The molecular formula is C25H18ClF3N2O4. The van der Waals surface area contributed by atoms with E-state index >= 15 is 0 Å². The third kappa shape index (κ3) is 4.11. The van der Waals surface area contributed by atoms with E-state index < -0.39 is 42.0 Å². The van der Waals surface area contributed by atoms with Gasteiger partial charge in [-0.25, -0.2) is 9.96 Å². The van der Waals surface area contributed by atoms with E-state index in [4.69, 9.17) is 16.4 Å². The second kappa shape index (κ2) is 8.58. The molecule has 2 amide bonds. The molecule has 0 N–H and O–H groups in total. The van der Waals surface area contributed by atoms with Crippen LogP contribution in [0.3, 0.4) is 0 Å². The Balaban J connectivity index is 1.55. The Bertz CT molecular complexity index is 1280. The molecular weight excluding hydrogens is 485 g/mol. The van der Waals surface area contributed by atoms with Gasteiger partial charge in [0, 0.05) is 5.02 Å². The number of nitrogens with zero attached hydrogens (tertiary/aromatic N) is 2. The van der Waals surface area contributed by atoms with Gasteiger partial charge in [0.2, 0.25) is 5.91 Å². The van der Waals surface area contributed by atoms with Gasteiger partial charge in [-0.2, -0.15) is 0 Å². The van der Waals surface area contributed by atoms with Gasteiger partial charge in [-0.05, 0) is 54.4 Å². The second-order valence-electron chi connectivity index (χ2n) is 8.17. The van der Waals surface area contributed by atoms with Crippen LogP contribution in [0.25, 0.3) is 0 Å². The quantitative estimate of drug-likeness (QED) is 0.435. The van der Waals surface area contributed by atoms with Crippen LogP contribution in [0.1, 0.15) is 17.2 Å². The Kier molecular flexibility index (Phi) is 5.69. The van der Waals surface area contributed by atoms with Gasteiger partial charge in [0.05, 0.1) is 17.4 Å². The molecule has 6 nitrogen and oxygen atoms in total. The number of halogens is 4. The van der Waals surface area contributed by atoms with Crippen LogP contribution in [-0.4, -0.2) is 24.3 Å². The minimum Gasteiger partial charge on any atom is -0.406 e. The normalized spacial score (nSPS) is 22.0. The topological polar surface area (TPSA) is 59.1 Å². The number of hydroxylamine groups is 1. The Morgan fingerprint density at radius 3 is 2.26 bits per heavy atom. The smallest absolute Gasteiger partial charge is 0.406 e. The number of alkyl halides is 3. The first kappa shape index (κ1) is 23.2. The molecule has 2 aliphatic rings. The molecule has 5 rings (SSSR count). The first-order chi connectivity index (χ1) is 16.7. The number of ether oxygens (including phenoxy) is 1. The molecule has 3 aromatic carbocycles. The minimum atomic E-state index is -4.83. The van der Waals surface area contributed by atoms with Crippen molar-refractivity contribution in [1.82, 2.24) is 0 Å². The van der Waals surface area contributed by atoms with Gasteiger partial charge in [-0.1, -0.05) is 48.0 Å². The fraction of sp³-hybridized carbons (Fsp3) is 0.200. The highest BCUT2D eigenvalue weighted by Gasteiger charge is 2.60. The van der Waals surface area contributed by atoms with E-state index in [-0.39, 0.29) is 0 Å². The summed E-state index contributed by atoms with van der Waals surface area (Å²) in [5.74, 6) is -2.35. The van der Waals surface area contributed by atoms with Crippen molar-refractivity contribution in [1.29, 1.82) is 0 Å². The molecule has 0 bridgehead atoms. The van der Waals surface area contributed by atoms with Crippen LogP contribution in [0, 0.1) is 12.8 Å². The molecule has 0 aromatic heterocycles. The molecule has 180 valence electrons. The van der Waals surface area contributed by atoms with Crippen LogP contribution in [-0.2, 0) is 14.4 Å². The van der Waals surface area contributed by atoms with E-state index in [0.29, 0.717) is 27.5 Å². The number of anilines is 2. The largest absolute Gasteiger partial charge is 0.573 e. The molecule has 3 aromatic rings. The maximum Gasteiger partial charge on any atom is 0.573 e. The highest BCUT2D eigenvalue weighted by Crippen LogP contribution is 2.48. The van der Waals surface area contributed by atoms with E-state index in [0.717, 1.165) is 4.90 Å². The highest BCUT2D eigenvalue weighted by atomic mass is 35.5. The van der Waals surface area contributed by atoms with Gasteiger partial charge in [0.15, 0.2) is 6.10 Å². The van der Waals surface area contributed by atoms with Crippen LogP contribution in [0.4, 0.5) is 24.5 Å². The molecule has 0 spiro atoms. The maximum absolute atomic E-state index is 13.7. The lowest BCUT2D eigenvalue weighted by molar-refractivity contribution is -0.274. The van der Waals surface area contributed by atoms with Crippen LogP contribution < -0.4 is 14.7 Å². The van der Waals surface area contributed by atoms with Crippen LogP contribution in [0.5, 0.6) is 5.75 Å². The number of carbonyl (C=O) groups excluding carboxylic acids is 2. The van der Waals surface area contributed by atoms with E-state index in [1.54, 1.807) is 55.5 Å². The average Bonchev–Trinajstić information content (AvgIpc) is 3.32. The van der Waals surface area contributed by atoms with Crippen LogP contribution in [0.2, 0.25) is 5.02 Å². The Labute approximate surface area is 203 Å². The summed E-state index contributed by atoms with van der Waals surface area (Å²) in [4.78, 5) is 34.2. The van der Waals surface area contributed by atoms with Gasteiger partial charge in [0.1, 0.15) is 11.7 Å². The molecule has 10 heteroatoms. The summed E-state index contributed by atoms with van der Waals surface area (Å²) in [6, 6.07) is 18.2. The highest BCUT2D eigenvalue weighted by molar-refractivity contribution is 6.32. The third-order valence-corrected chi connectivity index (χ3v) is 6.47. The zero-order chi connectivity index (χ0) is 24.9. The van der Waals surface area contributed by atoms with Crippen molar-refractivity contribution in [3.8, 4) is 5.75 Å². The fourth-order valence-corrected chi connectivity index (χ4v) is 4.66. The molecule has 3 atom stereocenters. The number of amides is 2. The van der Waals surface area contributed by atoms with E-state index in [2.05, 4.69) is 4.74 Å². The first-order valence-electron chi connectivity index (χ1n) is 10.7. The summed E-state index contributed by atoms with van der Waals surface area (Å²) < 4.78 is 41.8. The SMILES string of the molecule is Cc1c(Cl)cccc1N1C(=O)[C@@H]2[C@H](ON(c3ccccc3)[C@@H]2c2ccc(OC(F)(F)F)cc2)C1=O. The zero-order valence-electron chi connectivity index (χ0n) is 18.2. The third-order valence-electron chi connectivity index (χ3n) is 6.06. The average molecular weight is 503 g/mol. The predicted molar refractivity (Wildman–Crippen MR) is 122 cm³/mol. The Morgan fingerprint density at radius 2 is 1.60 bits per heavy atom. The molecule has 0 unspecified atom stereocenters. The molecule has 2 aliphatic heterocycles. The van der Waals surface area contributed by atoms with Crippen LogP contribution in [0.15, 0.2) is 72.8 Å². The Morgan fingerprint density at radius 1 is 0.914 bits per heavy atom. The van der Waals surface area contributed by atoms with Gasteiger partial charge >= 0.3 is 6.36 Å². The lowest BCUT2D eigenvalue weighted by atomic mass is 9.90. The molecule has 0 saturated carbocycles. The minimum absolute atomic E-state index is 0.365. The number of fused-ring (bicyclic) bond motifs is 1. The maximum atomic E-state index is 13.7. The Hall–Kier alpha value is -3.56. The monoisotopic (exact) mass is 502 g/mol. The van der Waals surface area contributed by atoms with Gasteiger partial charge in [-0.3, -0.25) is 14.4 Å². The summed E-state index contributed by atoms with van der Waals surface area (Å²) in [7, 11) is 0. The van der Waals surface area contributed by atoms with Crippen molar-refractivity contribution in [2.24, 2.45) is 5.92 Å². The fourth-order valence-electron chi connectivity index (χ4n) is 4.49. The second-order valence-corrected chi connectivity index (χ2v) is 8.58. The first-order valence-corrected chi connectivity index (χ1v) is 11.0. The molecule has 0 radical (unpaired) electrons. The van der Waals surface area contributed by atoms with E-state index in [1.807, 2.05) is 0 Å². The van der Waals surface area contributed by atoms with Gasteiger partial charge in [0.25, 0.3) is 5.91 Å². The standard InChI is InChI=1S/C25H18ClF3N2O4/c1-14-18(26)8-5-9-19(14)30-23(32)20-21(15-10-12-17(13-11-15)34-25(27,28)29)31(35-22(20)24(30)33)16-6-3-2-4-7-16/h2-13,20-22H,1H3/t20-,21+,22-/m0/s1. The van der Waals surface area contributed by atoms with Crippen LogP contribution >= 0.6 is 11.6 Å². The van der Waals surface area contributed by atoms with E-state index in [1.165, 1.54) is 29.3 Å². The molecule has 2 saturated heterocycles. The van der Waals surface area contributed by atoms with Crippen molar-refractivity contribution >= 4 is 34.8 Å². The molecule has 35 heavy (non-hydrogen) atoms. The van der Waals surface area contributed by atoms with Crippen molar-refractivity contribution in [2.45, 2.75) is 25.4 Å². The lowest BCUT2D eigenvalue weighted by Gasteiger charge is -2.29. The van der Waals surface area contributed by atoms with E-state index in [9.17, 15) is 22.8 Å². The summed E-state index contributed by atoms with van der Waals surface area (Å²) in [5.41, 5.74) is 2.01. The molecule has 2 fully saturated rings. The molecule has 0 aliphatic carbocycles. The summed E-state index contributed by atoms with van der Waals surface area (Å²) >= 11 is 6.22. The molecule has 2 heterocycles. The number of carbonyl (C=O) groups is 2. The number of hydrogen-bond acceptors (Lipinski definition) is 5. The zero-order valence-corrected chi connectivity index (χ0v) is 19.0. The summed E-state index contributed by atoms with van der Waals surface area (Å²) in [5, 5.41) is 1.87. The number of hydrogen-bond donors (Lipinski definition) is 0. The summed E-state index contributed by atoms with van der Waals surface area (Å²) in [6.07, 6.45) is -5.94. The summed E-state index contributed by atoms with van der Waals surface area (Å²) in [6.45, 7) is 1.71. The number of para-hydroxylation sites is 1. The number of benzene rings is 3.